The number of halogens is 2. The van der Waals surface area contributed by atoms with Gasteiger partial charge in [-0.15, -0.1) is 0 Å². The third-order valence-corrected chi connectivity index (χ3v) is 3.30. The summed E-state index contributed by atoms with van der Waals surface area (Å²) in [5.74, 6) is 0.0829. The minimum Gasteiger partial charge on any atom is -0.493 e. The summed E-state index contributed by atoms with van der Waals surface area (Å²) in [5, 5.41) is 4.45. The van der Waals surface area contributed by atoms with Gasteiger partial charge in [0.15, 0.2) is 5.75 Å². The molecule has 0 saturated carbocycles. The zero-order chi connectivity index (χ0) is 14.0. The molecule has 0 spiro atoms. The first-order valence-electron chi connectivity index (χ1n) is 5.89. The molecule has 0 saturated heterocycles. The van der Waals surface area contributed by atoms with Crippen molar-refractivity contribution in [2.24, 2.45) is 5.73 Å². The molecule has 6 heteroatoms. The van der Waals surface area contributed by atoms with Crippen molar-refractivity contribution >= 4 is 11.6 Å². The second kappa shape index (κ2) is 5.59. The molecule has 1 aromatic heterocycles. The molecule has 4 nitrogen and oxygen atoms in total. The SMILES string of the molecule is CCn1ncc(OC)c1C(N)c1c(F)cccc1Cl. The van der Waals surface area contributed by atoms with Gasteiger partial charge in [0.2, 0.25) is 0 Å². The van der Waals surface area contributed by atoms with E-state index in [0.29, 0.717) is 23.0 Å². The van der Waals surface area contributed by atoms with Crippen molar-refractivity contribution < 1.29 is 9.13 Å². The van der Waals surface area contributed by atoms with Crippen LogP contribution in [-0.4, -0.2) is 16.9 Å². The lowest BCUT2D eigenvalue weighted by atomic mass is 10.0. The second-order valence-electron chi connectivity index (χ2n) is 4.03. The highest BCUT2D eigenvalue weighted by atomic mass is 35.5. The monoisotopic (exact) mass is 283 g/mol. The van der Waals surface area contributed by atoms with Gasteiger partial charge >= 0.3 is 0 Å². The summed E-state index contributed by atoms with van der Waals surface area (Å²) >= 11 is 6.04. The maximum atomic E-state index is 13.9. The van der Waals surface area contributed by atoms with E-state index < -0.39 is 11.9 Å². The number of benzene rings is 1. The number of methoxy groups -OCH3 is 1. The van der Waals surface area contributed by atoms with Gasteiger partial charge < -0.3 is 10.5 Å². The number of aromatic nitrogens is 2. The molecule has 19 heavy (non-hydrogen) atoms. The van der Waals surface area contributed by atoms with Crippen molar-refractivity contribution in [2.45, 2.75) is 19.5 Å². The topological polar surface area (TPSA) is 53.1 Å². The van der Waals surface area contributed by atoms with E-state index in [-0.39, 0.29) is 5.56 Å². The van der Waals surface area contributed by atoms with E-state index >= 15 is 0 Å². The highest BCUT2D eigenvalue weighted by Crippen LogP contribution is 2.33. The van der Waals surface area contributed by atoms with E-state index in [2.05, 4.69) is 5.10 Å². The van der Waals surface area contributed by atoms with Crippen molar-refractivity contribution in [1.29, 1.82) is 0 Å². The summed E-state index contributed by atoms with van der Waals surface area (Å²) in [6.07, 6.45) is 1.56. The van der Waals surface area contributed by atoms with Gasteiger partial charge in [-0.3, -0.25) is 4.68 Å². The molecular weight excluding hydrogens is 269 g/mol. The van der Waals surface area contributed by atoms with E-state index in [1.54, 1.807) is 23.0 Å². The average molecular weight is 284 g/mol. The Morgan fingerprint density at radius 3 is 2.84 bits per heavy atom. The Hall–Kier alpha value is -1.59. The predicted molar refractivity (Wildman–Crippen MR) is 71.9 cm³/mol. The first-order valence-corrected chi connectivity index (χ1v) is 6.27. The Balaban J connectivity index is 2.55. The van der Waals surface area contributed by atoms with E-state index in [4.69, 9.17) is 22.1 Å². The Bertz CT molecular complexity index is 544. The molecule has 1 atom stereocenters. The molecule has 0 amide bonds. The predicted octanol–water partition coefficient (Wildman–Crippen LogP) is 2.75. The number of nitrogens with zero attached hydrogens (tertiary/aromatic N) is 2. The normalized spacial score (nSPS) is 12.5. The molecule has 0 fully saturated rings. The van der Waals surface area contributed by atoms with Crippen molar-refractivity contribution in [3.05, 3.63) is 46.5 Å². The van der Waals surface area contributed by atoms with Crippen LogP contribution in [0.1, 0.15) is 24.2 Å². The minimum absolute atomic E-state index is 0.248. The molecule has 2 N–H and O–H groups in total. The molecule has 1 heterocycles. The number of hydrogen-bond acceptors (Lipinski definition) is 3. The quantitative estimate of drug-likeness (QED) is 0.939. The molecule has 1 aromatic carbocycles. The molecule has 0 aliphatic heterocycles. The van der Waals surface area contributed by atoms with Crippen molar-refractivity contribution in [3.63, 3.8) is 0 Å². The zero-order valence-electron chi connectivity index (χ0n) is 10.7. The Morgan fingerprint density at radius 1 is 1.53 bits per heavy atom. The van der Waals surface area contributed by atoms with Gasteiger partial charge in [-0.05, 0) is 19.1 Å². The van der Waals surface area contributed by atoms with Gasteiger partial charge in [0.25, 0.3) is 0 Å². The van der Waals surface area contributed by atoms with E-state index in [1.165, 1.54) is 13.2 Å². The lowest BCUT2D eigenvalue weighted by Gasteiger charge is -2.17. The number of hydrogen-bond donors (Lipinski definition) is 1. The van der Waals surface area contributed by atoms with E-state index in [9.17, 15) is 4.39 Å². The van der Waals surface area contributed by atoms with Gasteiger partial charge in [-0.1, -0.05) is 17.7 Å². The maximum Gasteiger partial charge on any atom is 0.161 e. The number of aryl methyl sites for hydroxylation is 1. The Labute approximate surface area is 115 Å². The third-order valence-electron chi connectivity index (χ3n) is 2.97. The van der Waals surface area contributed by atoms with Crippen LogP contribution >= 0.6 is 11.6 Å². The van der Waals surface area contributed by atoms with E-state index in [1.807, 2.05) is 6.92 Å². The van der Waals surface area contributed by atoms with Crippen LogP contribution in [0.2, 0.25) is 5.02 Å². The van der Waals surface area contributed by atoms with Crippen LogP contribution in [-0.2, 0) is 6.54 Å². The summed E-state index contributed by atoms with van der Waals surface area (Å²) in [6.45, 7) is 2.53. The molecule has 2 aromatic rings. The van der Waals surface area contributed by atoms with Crippen LogP contribution < -0.4 is 10.5 Å². The first kappa shape index (κ1) is 13.8. The van der Waals surface area contributed by atoms with Crippen molar-refractivity contribution in [3.8, 4) is 5.75 Å². The highest BCUT2D eigenvalue weighted by molar-refractivity contribution is 6.31. The largest absolute Gasteiger partial charge is 0.493 e. The van der Waals surface area contributed by atoms with Crippen LogP contribution in [0.3, 0.4) is 0 Å². The third kappa shape index (κ3) is 2.43. The first-order chi connectivity index (χ1) is 9.10. The summed E-state index contributed by atoms with van der Waals surface area (Å²) in [5.41, 5.74) is 7.01. The Morgan fingerprint density at radius 2 is 2.26 bits per heavy atom. The van der Waals surface area contributed by atoms with E-state index in [0.717, 1.165) is 0 Å². The van der Waals surface area contributed by atoms with Crippen LogP contribution in [0.5, 0.6) is 5.75 Å². The number of rotatable bonds is 4. The molecule has 0 bridgehead atoms. The second-order valence-corrected chi connectivity index (χ2v) is 4.43. The fraction of sp³-hybridized carbons (Fsp3) is 0.308. The lowest BCUT2D eigenvalue weighted by Crippen LogP contribution is -2.19. The molecule has 0 aliphatic rings. The highest BCUT2D eigenvalue weighted by Gasteiger charge is 2.24. The standard InChI is InChI=1S/C13H15ClFN3O/c1-3-18-13(10(19-2)7-17-18)12(16)11-8(14)5-4-6-9(11)15/h4-7,12H,3,16H2,1-2H3. The molecule has 2 rings (SSSR count). The van der Waals surface area contributed by atoms with Crippen LogP contribution in [0, 0.1) is 5.82 Å². The Kier molecular flexibility index (Phi) is 4.07. The van der Waals surface area contributed by atoms with Gasteiger partial charge in [-0.25, -0.2) is 4.39 Å². The summed E-state index contributed by atoms with van der Waals surface area (Å²) in [6, 6.07) is 3.76. The van der Waals surface area contributed by atoms with Crippen LogP contribution in [0.4, 0.5) is 4.39 Å². The number of ether oxygens (including phenoxy) is 1. The fourth-order valence-electron chi connectivity index (χ4n) is 2.05. The van der Waals surface area contributed by atoms with Crippen molar-refractivity contribution in [2.75, 3.05) is 7.11 Å². The molecule has 1 unspecified atom stereocenters. The number of nitrogens with two attached hydrogens (primary N) is 1. The lowest BCUT2D eigenvalue weighted by molar-refractivity contribution is 0.404. The maximum absolute atomic E-state index is 13.9. The summed E-state index contributed by atoms with van der Waals surface area (Å²) < 4.78 is 20.8. The molecule has 0 radical (unpaired) electrons. The van der Waals surface area contributed by atoms with Gasteiger partial charge in [0, 0.05) is 17.1 Å². The average Bonchev–Trinajstić information content (AvgIpc) is 2.81. The molecular formula is C13H15ClFN3O. The summed E-state index contributed by atoms with van der Waals surface area (Å²) in [4.78, 5) is 0. The van der Waals surface area contributed by atoms with Gasteiger partial charge in [-0.2, -0.15) is 5.10 Å². The molecule has 0 aliphatic carbocycles. The van der Waals surface area contributed by atoms with Gasteiger partial charge in [0.05, 0.1) is 19.3 Å². The van der Waals surface area contributed by atoms with Crippen LogP contribution in [0.15, 0.2) is 24.4 Å². The smallest absolute Gasteiger partial charge is 0.161 e. The molecule has 102 valence electrons. The van der Waals surface area contributed by atoms with Crippen LogP contribution in [0.25, 0.3) is 0 Å². The fourth-order valence-corrected chi connectivity index (χ4v) is 2.33. The minimum atomic E-state index is -0.730. The van der Waals surface area contributed by atoms with Gasteiger partial charge in [0.1, 0.15) is 11.5 Å². The zero-order valence-corrected chi connectivity index (χ0v) is 11.5. The summed E-state index contributed by atoms with van der Waals surface area (Å²) in [7, 11) is 1.52. The van der Waals surface area contributed by atoms with Crippen molar-refractivity contribution in [1.82, 2.24) is 9.78 Å².